The van der Waals surface area contributed by atoms with Crippen molar-refractivity contribution < 1.29 is 19.1 Å². The molecule has 1 fully saturated rings. The third kappa shape index (κ3) is 6.53. The minimum atomic E-state index is -0.715. The van der Waals surface area contributed by atoms with E-state index in [1.807, 2.05) is 103 Å². The molecule has 43 heavy (non-hydrogen) atoms. The number of hydrogen-bond donors (Lipinski definition) is 1. The molecule has 3 aromatic carbocycles. The van der Waals surface area contributed by atoms with Crippen LogP contribution in [0.25, 0.3) is 0 Å². The van der Waals surface area contributed by atoms with Crippen LogP contribution in [0.1, 0.15) is 28.4 Å². The summed E-state index contributed by atoms with van der Waals surface area (Å²) in [5.74, 6) is -0.0236. The van der Waals surface area contributed by atoms with Gasteiger partial charge >= 0.3 is 5.97 Å². The fourth-order valence-electron chi connectivity index (χ4n) is 5.10. The Hall–Kier alpha value is -4.34. The van der Waals surface area contributed by atoms with Gasteiger partial charge in [0.2, 0.25) is 5.91 Å². The molecular formula is C34H29N3O4S2. The van der Waals surface area contributed by atoms with Gasteiger partial charge in [-0.3, -0.25) is 19.5 Å². The smallest absolute Gasteiger partial charge is 0.356 e. The van der Waals surface area contributed by atoms with Crippen LogP contribution in [0.3, 0.4) is 0 Å². The first-order chi connectivity index (χ1) is 21.1. The SMILES string of the molecule is O=C(Cc1ccccc1)N[C@@H]1C(=O)N2C(C(=O)OC(c3ccccc3)c3ccccc3)=C(SCc3cccnc3)CS[C@H]12. The van der Waals surface area contributed by atoms with E-state index < -0.39 is 23.5 Å². The molecule has 1 saturated heterocycles. The lowest BCUT2D eigenvalue weighted by molar-refractivity contribution is -0.154. The maximum absolute atomic E-state index is 14.1. The summed E-state index contributed by atoms with van der Waals surface area (Å²) in [4.78, 5) is 47.0. The van der Waals surface area contributed by atoms with Crippen molar-refractivity contribution in [3.8, 4) is 0 Å². The van der Waals surface area contributed by atoms with E-state index in [0.717, 1.165) is 27.2 Å². The Labute approximate surface area is 258 Å². The molecule has 0 radical (unpaired) electrons. The van der Waals surface area contributed by atoms with E-state index in [9.17, 15) is 14.4 Å². The summed E-state index contributed by atoms with van der Waals surface area (Å²) in [7, 11) is 0. The van der Waals surface area contributed by atoms with Crippen molar-refractivity contribution in [2.24, 2.45) is 0 Å². The third-order valence-corrected chi connectivity index (χ3v) is 9.84. The van der Waals surface area contributed by atoms with Crippen LogP contribution in [0.15, 0.2) is 126 Å². The molecule has 2 amide bonds. The van der Waals surface area contributed by atoms with Gasteiger partial charge in [-0.2, -0.15) is 0 Å². The summed E-state index contributed by atoms with van der Waals surface area (Å²) in [6.07, 6.45) is 3.03. The summed E-state index contributed by atoms with van der Waals surface area (Å²) >= 11 is 3.04. The van der Waals surface area contributed by atoms with Crippen LogP contribution in [0, 0.1) is 0 Å². The molecule has 0 saturated carbocycles. The first kappa shape index (κ1) is 28.8. The van der Waals surface area contributed by atoms with Crippen LogP contribution in [-0.4, -0.2) is 44.8 Å². The highest BCUT2D eigenvalue weighted by Gasteiger charge is 2.54. The van der Waals surface area contributed by atoms with Gasteiger partial charge < -0.3 is 10.1 Å². The molecule has 216 valence electrons. The summed E-state index contributed by atoms with van der Waals surface area (Å²) in [5, 5.41) is 2.50. The van der Waals surface area contributed by atoms with Gasteiger partial charge in [-0.1, -0.05) is 97.1 Å². The number of esters is 1. The first-order valence-corrected chi connectivity index (χ1v) is 16.0. The van der Waals surface area contributed by atoms with Crippen molar-refractivity contribution in [1.82, 2.24) is 15.2 Å². The van der Waals surface area contributed by atoms with Gasteiger partial charge in [0.05, 0.1) is 6.42 Å². The number of ether oxygens (including phenoxy) is 1. The van der Waals surface area contributed by atoms with E-state index >= 15 is 0 Å². The highest BCUT2D eigenvalue weighted by molar-refractivity contribution is 8.05. The van der Waals surface area contributed by atoms with E-state index in [4.69, 9.17) is 4.74 Å². The molecule has 7 nitrogen and oxygen atoms in total. The Balaban J connectivity index is 1.26. The zero-order valence-electron chi connectivity index (χ0n) is 23.2. The minimum absolute atomic E-state index is 0.175. The number of rotatable bonds is 10. The summed E-state index contributed by atoms with van der Waals surface area (Å²) in [6, 6.07) is 31.7. The van der Waals surface area contributed by atoms with Crippen LogP contribution >= 0.6 is 23.5 Å². The Kier molecular flexibility index (Phi) is 8.91. The molecular weight excluding hydrogens is 579 g/mol. The number of carbonyl (C=O) groups excluding carboxylic acids is 3. The van der Waals surface area contributed by atoms with Crippen molar-refractivity contribution in [3.63, 3.8) is 0 Å². The van der Waals surface area contributed by atoms with Gasteiger partial charge in [0.25, 0.3) is 5.91 Å². The van der Waals surface area contributed by atoms with Crippen molar-refractivity contribution in [3.05, 3.63) is 148 Å². The zero-order valence-corrected chi connectivity index (χ0v) is 24.8. The minimum Gasteiger partial charge on any atom is -0.448 e. The quantitative estimate of drug-likeness (QED) is 0.188. The van der Waals surface area contributed by atoms with Crippen LogP contribution in [-0.2, 0) is 31.3 Å². The standard InChI is InChI=1S/C34H29N3O4S2/c38-28(19-23-11-4-1-5-12-23)36-29-32(39)37-30(27(22-43-33(29)37)42-21-24-13-10-18-35-20-24)34(40)41-31(25-14-6-2-7-15-25)26-16-8-3-9-17-26/h1-18,20,29,31,33H,19,21-22H2,(H,36,38)/t29-,33-/m1/s1. The number of hydrogen-bond acceptors (Lipinski definition) is 7. The number of benzene rings is 3. The molecule has 2 atom stereocenters. The summed E-state index contributed by atoms with van der Waals surface area (Å²) < 4.78 is 6.23. The van der Waals surface area contributed by atoms with Crippen molar-refractivity contribution in [2.75, 3.05) is 5.75 Å². The van der Waals surface area contributed by atoms with Gasteiger partial charge in [-0.25, -0.2) is 4.79 Å². The number of nitrogens with zero attached hydrogens (tertiary/aromatic N) is 2. The maximum atomic E-state index is 14.1. The number of pyridine rings is 1. The van der Waals surface area contributed by atoms with Gasteiger partial charge in [-0.15, -0.1) is 23.5 Å². The van der Waals surface area contributed by atoms with Crippen LogP contribution in [0.2, 0.25) is 0 Å². The number of fused-ring (bicyclic) bond motifs is 1. The Morgan fingerprint density at radius 2 is 1.53 bits per heavy atom. The molecule has 0 spiro atoms. The monoisotopic (exact) mass is 607 g/mol. The number of carbonyl (C=O) groups is 3. The lowest BCUT2D eigenvalue weighted by atomic mass is 10.0. The third-order valence-electron chi connectivity index (χ3n) is 7.22. The van der Waals surface area contributed by atoms with Gasteiger partial charge in [-0.05, 0) is 28.3 Å². The van der Waals surface area contributed by atoms with E-state index in [-0.39, 0.29) is 23.9 Å². The maximum Gasteiger partial charge on any atom is 0.356 e. The number of nitrogens with one attached hydrogen (secondary N) is 1. The Morgan fingerprint density at radius 3 is 2.16 bits per heavy atom. The Bertz CT molecular complexity index is 1580. The van der Waals surface area contributed by atoms with Crippen LogP contribution < -0.4 is 5.32 Å². The molecule has 2 aliphatic heterocycles. The predicted molar refractivity (Wildman–Crippen MR) is 169 cm³/mol. The van der Waals surface area contributed by atoms with Gasteiger partial charge in [0.1, 0.15) is 17.1 Å². The largest absolute Gasteiger partial charge is 0.448 e. The fourth-order valence-corrected chi connectivity index (χ4v) is 7.66. The number of β-lactam (4-membered cyclic amide) rings is 1. The highest BCUT2D eigenvalue weighted by Crippen LogP contribution is 2.45. The molecule has 0 bridgehead atoms. The molecule has 6 rings (SSSR count). The second kappa shape index (κ2) is 13.3. The summed E-state index contributed by atoms with van der Waals surface area (Å²) in [5.41, 5.74) is 3.77. The second-order valence-electron chi connectivity index (χ2n) is 10.1. The van der Waals surface area contributed by atoms with E-state index in [1.165, 1.54) is 28.4 Å². The molecule has 0 aliphatic carbocycles. The normalized spacial score (nSPS) is 17.7. The summed E-state index contributed by atoms with van der Waals surface area (Å²) in [6.45, 7) is 0. The van der Waals surface area contributed by atoms with Crippen molar-refractivity contribution in [1.29, 1.82) is 0 Å². The van der Waals surface area contributed by atoms with Gasteiger partial charge in [0.15, 0.2) is 6.10 Å². The second-order valence-corrected chi connectivity index (χ2v) is 12.3. The van der Waals surface area contributed by atoms with E-state index in [1.54, 1.807) is 12.4 Å². The first-order valence-electron chi connectivity index (χ1n) is 13.9. The van der Waals surface area contributed by atoms with Crippen molar-refractivity contribution in [2.45, 2.75) is 29.7 Å². The Morgan fingerprint density at radius 1 is 0.907 bits per heavy atom. The van der Waals surface area contributed by atoms with Crippen molar-refractivity contribution >= 4 is 41.3 Å². The molecule has 9 heteroatoms. The van der Waals surface area contributed by atoms with Crippen LogP contribution in [0.5, 0.6) is 0 Å². The molecule has 0 unspecified atom stereocenters. The zero-order chi connectivity index (χ0) is 29.6. The molecule has 1 aromatic heterocycles. The molecule has 4 aromatic rings. The van der Waals surface area contributed by atoms with Gasteiger partial charge in [0, 0.05) is 28.8 Å². The molecule has 1 N–H and O–H groups in total. The fraction of sp³-hybridized carbons (Fsp3) is 0.176. The lowest BCUT2D eigenvalue weighted by Crippen LogP contribution is -2.70. The number of aromatic nitrogens is 1. The predicted octanol–water partition coefficient (Wildman–Crippen LogP) is 5.50. The topological polar surface area (TPSA) is 88.6 Å². The van der Waals surface area contributed by atoms with Crippen LogP contribution in [0.4, 0.5) is 0 Å². The van der Waals surface area contributed by atoms with E-state index in [2.05, 4.69) is 10.3 Å². The van der Waals surface area contributed by atoms with E-state index in [0.29, 0.717) is 11.5 Å². The number of thioether (sulfide) groups is 2. The molecule has 2 aliphatic rings. The number of amides is 2. The lowest BCUT2D eigenvalue weighted by Gasteiger charge is -2.49. The average molecular weight is 608 g/mol. The average Bonchev–Trinajstić information content (AvgIpc) is 3.06. The highest BCUT2D eigenvalue weighted by atomic mass is 32.2. The molecule has 3 heterocycles.